The van der Waals surface area contributed by atoms with E-state index in [1.54, 1.807) is 18.3 Å². The molecule has 140 valence electrons. The Kier molecular flexibility index (Phi) is 4.80. The van der Waals surface area contributed by atoms with E-state index < -0.39 is 11.5 Å². The predicted molar refractivity (Wildman–Crippen MR) is 107 cm³/mol. The second kappa shape index (κ2) is 7.25. The molecule has 3 heterocycles. The minimum absolute atomic E-state index is 0.0576. The minimum Gasteiger partial charge on any atom is -0.427 e. The lowest BCUT2D eigenvalue weighted by Gasteiger charge is -2.21. The molecule has 0 unspecified atom stereocenters. The van der Waals surface area contributed by atoms with Crippen LogP contribution in [0.1, 0.15) is 45.4 Å². The summed E-state index contributed by atoms with van der Waals surface area (Å²) in [6.07, 6.45) is 1.86. The molecule has 1 fully saturated rings. The summed E-state index contributed by atoms with van der Waals surface area (Å²) in [7, 11) is 0. The van der Waals surface area contributed by atoms with Gasteiger partial charge in [-0.2, -0.15) is 0 Å². The van der Waals surface area contributed by atoms with Crippen molar-refractivity contribution in [1.82, 2.24) is 10.3 Å². The standard InChI is InChI=1S/C20H21N3O3S/c1-11-9-16(13-5-7-21-8-6-13)26-20(25)18(11)19(24)23-14-3-4-17-15(10-14)22-12(2)27-17/h3-4,9-10,13,21H,5-8H2,1-2H3,(H,23,24). The van der Waals surface area contributed by atoms with E-state index in [1.165, 1.54) is 0 Å². The summed E-state index contributed by atoms with van der Waals surface area (Å²) in [5.41, 5.74) is 1.57. The molecule has 27 heavy (non-hydrogen) atoms. The number of nitrogens with zero attached hydrogens (tertiary/aromatic N) is 1. The van der Waals surface area contributed by atoms with E-state index in [2.05, 4.69) is 15.6 Å². The van der Waals surface area contributed by atoms with Gasteiger partial charge in [-0.1, -0.05) is 0 Å². The molecule has 1 aliphatic heterocycles. The molecular weight excluding hydrogens is 362 g/mol. The van der Waals surface area contributed by atoms with Gasteiger partial charge in [-0.05, 0) is 69.6 Å². The summed E-state index contributed by atoms with van der Waals surface area (Å²) in [4.78, 5) is 29.6. The van der Waals surface area contributed by atoms with Gasteiger partial charge in [-0.25, -0.2) is 9.78 Å². The maximum absolute atomic E-state index is 12.7. The number of thiazole rings is 1. The lowest BCUT2D eigenvalue weighted by molar-refractivity contribution is 0.102. The lowest BCUT2D eigenvalue weighted by atomic mass is 9.94. The van der Waals surface area contributed by atoms with Gasteiger partial charge in [0, 0.05) is 11.6 Å². The average Bonchev–Trinajstić information content (AvgIpc) is 3.01. The quantitative estimate of drug-likeness (QED) is 0.722. The Labute approximate surface area is 160 Å². The molecule has 0 aliphatic carbocycles. The predicted octanol–water partition coefficient (Wildman–Crippen LogP) is 3.59. The van der Waals surface area contributed by atoms with E-state index in [1.807, 2.05) is 31.2 Å². The van der Waals surface area contributed by atoms with Gasteiger partial charge in [0.05, 0.1) is 15.2 Å². The zero-order valence-corrected chi connectivity index (χ0v) is 16.1. The van der Waals surface area contributed by atoms with Crippen molar-refractivity contribution in [3.63, 3.8) is 0 Å². The molecule has 1 saturated heterocycles. The normalized spacial score (nSPS) is 15.2. The van der Waals surface area contributed by atoms with Crippen LogP contribution < -0.4 is 16.3 Å². The summed E-state index contributed by atoms with van der Waals surface area (Å²) in [5.74, 6) is 0.449. The molecule has 0 atom stereocenters. The Morgan fingerprint density at radius 2 is 2.04 bits per heavy atom. The first kappa shape index (κ1) is 17.9. The number of carbonyl (C=O) groups is 1. The van der Waals surface area contributed by atoms with Crippen LogP contribution in [0.15, 0.2) is 33.5 Å². The Morgan fingerprint density at radius 1 is 1.26 bits per heavy atom. The SMILES string of the molecule is Cc1nc2cc(NC(=O)c3c(C)cc(C4CCNCC4)oc3=O)ccc2s1. The summed E-state index contributed by atoms with van der Waals surface area (Å²) in [5, 5.41) is 7.06. The molecule has 2 aromatic heterocycles. The van der Waals surface area contributed by atoms with Gasteiger partial charge in [-0.3, -0.25) is 4.79 Å². The molecule has 0 saturated carbocycles. The Balaban J connectivity index is 1.59. The number of piperidine rings is 1. The largest absolute Gasteiger partial charge is 0.427 e. The second-order valence-electron chi connectivity index (χ2n) is 6.89. The highest BCUT2D eigenvalue weighted by atomic mass is 32.1. The van der Waals surface area contributed by atoms with Crippen LogP contribution in [0.2, 0.25) is 0 Å². The van der Waals surface area contributed by atoms with Gasteiger partial charge >= 0.3 is 5.63 Å². The fraction of sp³-hybridized carbons (Fsp3) is 0.350. The molecule has 0 bridgehead atoms. The van der Waals surface area contributed by atoms with Gasteiger partial charge < -0.3 is 15.1 Å². The van der Waals surface area contributed by atoms with E-state index in [0.29, 0.717) is 17.0 Å². The molecule has 1 amide bonds. The van der Waals surface area contributed by atoms with Gasteiger partial charge in [0.2, 0.25) is 0 Å². The maximum atomic E-state index is 12.7. The number of aryl methyl sites for hydroxylation is 2. The van der Waals surface area contributed by atoms with E-state index in [0.717, 1.165) is 41.2 Å². The topological polar surface area (TPSA) is 84.2 Å². The summed E-state index contributed by atoms with van der Waals surface area (Å²) < 4.78 is 6.57. The number of rotatable bonds is 3. The first-order valence-corrected chi connectivity index (χ1v) is 9.87. The van der Waals surface area contributed by atoms with E-state index >= 15 is 0 Å². The van der Waals surface area contributed by atoms with Gasteiger partial charge in [0.1, 0.15) is 11.3 Å². The fourth-order valence-corrected chi connectivity index (χ4v) is 4.33. The molecule has 0 radical (unpaired) electrons. The van der Waals surface area contributed by atoms with Crippen LogP contribution in [-0.4, -0.2) is 24.0 Å². The van der Waals surface area contributed by atoms with E-state index in [-0.39, 0.29) is 11.5 Å². The molecule has 6 nitrogen and oxygen atoms in total. The third kappa shape index (κ3) is 3.65. The summed E-state index contributed by atoms with van der Waals surface area (Å²) in [6.45, 7) is 5.55. The molecular formula is C20H21N3O3S. The second-order valence-corrected chi connectivity index (χ2v) is 8.12. The van der Waals surface area contributed by atoms with Crippen molar-refractivity contribution in [2.75, 3.05) is 18.4 Å². The molecule has 2 N–H and O–H groups in total. The van der Waals surface area contributed by atoms with Crippen molar-refractivity contribution >= 4 is 33.1 Å². The molecule has 1 aliphatic rings. The van der Waals surface area contributed by atoms with Crippen molar-refractivity contribution in [3.8, 4) is 0 Å². The van der Waals surface area contributed by atoms with Crippen molar-refractivity contribution in [2.24, 2.45) is 0 Å². The summed E-state index contributed by atoms with van der Waals surface area (Å²) in [6, 6.07) is 7.39. The van der Waals surface area contributed by atoms with Crippen LogP contribution >= 0.6 is 11.3 Å². The third-order valence-electron chi connectivity index (χ3n) is 4.89. The number of anilines is 1. The van der Waals surface area contributed by atoms with E-state index in [4.69, 9.17) is 4.42 Å². The first-order valence-electron chi connectivity index (χ1n) is 9.05. The molecule has 0 spiro atoms. The van der Waals surface area contributed by atoms with E-state index in [9.17, 15) is 9.59 Å². The monoisotopic (exact) mass is 383 g/mol. The van der Waals surface area contributed by atoms with Gasteiger partial charge in [-0.15, -0.1) is 11.3 Å². The molecule has 7 heteroatoms. The van der Waals surface area contributed by atoms with Crippen LogP contribution in [0.5, 0.6) is 0 Å². The van der Waals surface area contributed by atoms with Crippen LogP contribution in [-0.2, 0) is 0 Å². The van der Waals surface area contributed by atoms with Crippen molar-refractivity contribution in [3.05, 3.63) is 56.6 Å². The number of nitrogens with one attached hydrogen (secondary N) is 2. The number of fused-ring (bicyclic) bond motifs is 1. The van der Waals surface area contributed by atoms with Crippen molar-refractivity contribution < 1.29 is 9.21 Å². The van der Waals surface area contributed by atoms with Crippen LogP contribution in [0, 0.1) is 13.8 Å². The summed E-state index contributed by atoms with van der Waals surface area (Å²) >= 11 is 1.60. The number of aromatic nitrogens is 1. The van der Waals surface area contributed by atoms with Gasteiger partial charge in [0.15, 0.2) is 0 Å². The lowest BCUT2D eigenvalue weighted by Crippen LogP contribution is -2.28. The Morgan fingerprint density at radius 3 is 2.78 bits per heavy atom. The highest BCUT2D eigenvalue weighted by Gasteiger charge is 2.22. The maximum Gasteiger partial charge on any atom is 0.349 e. The highest BCUT2D eigenvalue weighted by Crippen LogP contribution is 2.27. The number of carbonyl (C=O) groups excluding carboxylic acids is 1. The van der Waals surface area contributed by atoms with Crippen molar-refractivity contribution in [1.29, 1.82) is 0 Å². The molecule has 1 aromatic carbocycles. The Bertz CT molecular complexity index is 1060. The number of benzene rings is 1. The van der Waals surface area contributed by atoms with Crippen LogP contribution in [0.25, 0.3) is 10.2 Å². The first-order chi connectivity index (χ1) is 13.0. The minimum atomic E-state index is -0.577. The Hall–Kier alpha value is -2.51. The zero-order chi connectivity index (χ0) is 19.0. The third-order valence-corrected chi connectivity index (χ3v) is 5.84. The average molecular weight is 383 g/mol. The van der Waals surface area contributed by atoms with Crippen molar-refractivity contribution in [2.45, 2.75) is 32.6 Å². The smallest absolute Gasteiger partial charge is 0.349 e. The number of amides is 1. The molecule has 3 aromatic rings. The molecule has 4 rings (SSSR count). The van der Waals surface area contributed by atoms with Crippen LogP contribution in [0.4, 0.5) is 5.69 Å². The zero-order valence-electron chi connectivity index (χ0n) is 15.3. The highest BCUT2D eigenvalue weighted by molar-refractivity contribution is 7.18. The van der Waals surface area contributed by atoms with Gasteiger partial charge in [0.25, 0.3) is 5.91 Å². The fourth-order valence-electron chi connectivity index (χ4n) is 3.53. The number of hydrogen-bond donors (Lipinski definition) is 2. The number of hydrogen-bond acceptors (Lipinski definition) is 6. The van der Waals surface area contributed by atoms with Crippen LogP contribution in [0.3, 0.4) is 0 Å².